The second kappa shape index (κ2) is 5.97. The Morgan fingerprint density at radius 1 is 1.50 bits per heavy atom. The van der Waals surface area contributed by atoms with E-state index in [9.17, 15) is 4.79 Å². The third-order valence-electron chi connectivity index (χ3n) is 2.45. The minimum absolute atomic E-state index is 0.00689. The molecule has 0 unspecified atom stereocenters. The van der Waals surface area contributed by atoms with Crippen LogP contribution in [0.2, 0.25) is 0 Å². The largest absolute Gasteiger partial charge is 0.481 e. The lowest BCUT2D eigenvalue weighted by Crippen LogP contribution is -2.21. The predicted octanol–water partition coefficient (Wildman–Crippen LogP) is 2.86. The number of rotatable bonds is 6. The molecule has 2 heterocycles. The van der Waals surface area contributed by atoms with E-state index < -0.39 is 5.97 Å². The first-order valence-corrected chi connectivity index (χ1v) is 7.38. The Labute approximate surface area is 114 Å². The lowest BCUT2D eigenvalue weighted by molar-refractivity contribution is -0.136. The minimum Gasteiger partial charge on any atom is -0.481 e. The number of anilines is 1. The second-order valence-corrected chi connectivity index (χ2v) is 5.65. The Kier molecular flexibility index (Phi) is 4.33. The number of hydrogen-bond acceptors (Lipinski definition) is 5. The van der Waals surface area contributed by atoms with Crippen molar-refractivity contribution in [2.75, 3.05) is 11.4 Å². The molecule has 96 valence electrons. The van der Waals surface area contributed by atoms with Gasteiger partial charge in [-0.2, -0.15) is 0 Å². The number of carbonyl (C=O) groups is 1. The minimum atomic E-state index is -0.840. The van der Waals surface area contributed by atoms with Crippen LogP contribution < -0.4 is 4.90 Å². The van der Waals surface area contributed by atoms with Crippen LogP contribution in [0, 0.1) is 0 Å². The lowest BCUT2D eigenvalue weighted by atomic mass is 10.3. The third kappa shape index (κ3) is 3.30. The molecule has 0 aliphatic carbocycles. The Hall–Kier alpha value is -1.40. The molecule has 0 fully saturated rings. The standard InChI is InChI=1S/C12H14N2O2S2/c1-2-14(7-10-4-3-5-17-10)12-13-9(8-18-12)6-11(15)16/h3-5,8H,2,6-7H2,1H3,(H,15,16). The van der Waals surface area contributed by atoms with Gasteiger partial charge in [-0.15, -0.1) is 22.7 Å². The monoisotopic (exact) mass is 282 g/mol. The zero-order valence-electron chi connectivity index (χ0n) is 10.00. The van der Waals surface area contributed by atoms with Gasteiger partial charge in [0.2, 0.25) is 0 Å². The van der Waals surface area contributed by atoms with E-state index >= 15 is 0 Å². The van der Waals surface area contributed by atoms with Gasteiger partial charge in [-0.05, 0) is 18.4 Å². The molecular weight excluding hydrogens is 268 g/mol. The molecule has 2 aromatic rings. The number of carboxylic acid groups (broad SMARTS) is 1. The van der Waals surface area contributed by atoms with Gasteiger partial charge in [0, 0.05) is 16.8 Å². The SMILES string of the molecule is CCN(Cc1cccs1)c1nc(CC(=O)O)cs1. The highest BCUT2D eigenvalue weighted by Gasteiger charge is 2.12. The summed E-state index contributed by atoms with van der Waals surface area (Å²) in [5.41, 5.74) is 0.632. The first kappa shape index (κ1) is 13.0. The molecule has 0 amide bonds. The average molecular weight is 282 g/mol. The van der Waals surface area contributed by atoms with Crippen molar-refractivity contribution in [1.29, 1.82) is 0 Å². The van der Waals surface area contributed by atoms with Crippen LogP contribution in [0.4, 0.5) is 5.13 Å². The topological polar surface area (TPSA) is 53.4 Å². The number of hydrogen-bond donors (Lipinski definition) is 1. The second-order valence-electron chi connectivity index (χ2n) is 3.79. The van der Waals surface area contributed by atoms with Crippen molar-refractivity contribution in [3.05, 3.63) is 33.5 Å². The van der Waals surface area contributed by atoms with Crippen LogP contribution in [-0.4, -0.2) is 22.6 Å². The number of carboxylic acids is 1. The molecule has 6 heteroatoms. The molecular formula is C12H14N2O2S2. The van der Waals surface area contributed by atoms with Crippen molar-refractivity contribution >= 4 is 33.8 Å². The van der Waals surface area contributed by atoms with Gasteiger partial charge in [-0.25, -0.2) is 4.98 Å². The molecule has 18 heavy (non-hydrogen) atoms. The summed E-state index contributed by atoms with van der Waals surface area (Å²) in [6.45, 7) is 3.76. The first-order valence-electron chi connectivity index (χ1n) is 5.62. The van der Waals surface area contributed by atoms with Crippen LogP contribution in [0.1, 0.15) is 17.5 Å². The van der Waals surface area contributed by atoms with Crippen LogP contribution in [0.5, 0.6) is 0 Å². The fourth-order valence-electron chi connectivity index (χ4n) is 1.58. The van der Waals surface area contributed by atoms with Crippen molar-refractivity contribution in [3.63, 3.8) is 0 Å². The van der Waals surface area contributed by atoms with E-state index in [2.05, 4.69) is 28.3 Å². The van der Waals surface area contributed by atoms with Crippen LogP contribution in [-0.2, 0) is 17.8 Å². The Morgan fingerprint density at radius 3 is 2.94 bits per heavy atom. The average Bonchev–Trinajstić information content (AvgIpc) is 2.96. The van der Waals surface area contributed by atoms with Crippen molar-refractivity contribution in [2.24, 2.45) is 0 Å². The molecule has 2 rings (SSSR count). The van der Waals surface area contributed by atoms with Crippen molar-refractivity contribution in [3.8, 4) is 0 Å². The maximum atomic E-state index is 10.6. The molecule has 0 saturated heterocycles. The van der Waals surface area contributed by atoms with E-state index in [4.69, 9.17) is 5.11 Å². The maximum absolute atomic E-state index is 10.6. The lowest BCUT2D eigenvalue weighted by Gasteiger charge is -2.18. The van der Waals surface area contributed by atoms with Gasteiger partial charge in [0.25, 0.3) is 0 Å². The Balaban J connectivity index is 2.07. The third-order valence-corrected chi connectivity index (χ3v) is 4.26. The van der Waals surface area contributed by atoms with Gasteiger partial charge < -0.3 is 10.0 Å². The van der Waals surface area contributed by atoms with E-state index in [0.29, 0.717) is 5.69 Å². The molecule has 0 radical (unpaired) electrons. The molecule has 0 saturated carbocycles. The van der Waals surface area contributed by atoms with E-state index in [0.717, 1.165) is 18.2 Å². The van der Waals surface area contributed by atoms with E-state index in [1.165, 1.54) is 16.2 Å². The molecule has 2 aromatic heterocycles. The highest BCUT2D eigenvalue weighted by atomic mass is 32.1. The van der Waals surface area contributed by atoms with E-state index in [1.54, 1.807) is 11.3 Å². The summed E-state index contributed by atoms with van der Waals surface area (Å²) in [5, 5.41) is 13.5. The van der Waals surface area contributed by atoms with Gasteiger partial charge in [-0.3, -0.25) is 4.79 Å². The molecule has 1 N–H and O–H groups in total. The van der Waals surface area contributed by atoms with Gasteiger partial charge >= 0.3 is 5.97 Å². The molecule has 0 aromatic carbocycles. The number of aliphatic carboxylic acids is 1. The van der Waals surface area contributed by atoms with Gasteiger partial charge in [0.05, 0.1) is 18.7 Å². The number of aromatic nitrogens is 1. The Morgan fingerprint density at radius 2 is 2.33 bits per heavy atom. The van der Waals surface area contributed by atoms with E-state index in [-0.39, 0.29) is 6.42 Å². The Bertz CT molecular complexity index is 508. The van der Waals surface area contributed by atoms with Crippen molar-refractivity contribution in [1.82, 2.24) is 4.98 Å². The highest BCUT2D eigenvalue weighted by Crippen LogP contribution is 2.23. The predicted molar refractivity (Wildman–Crippen MR) is 74.5 cm³/mol. The zero-order valence-corrected chi connectivity index (χ0v) is 11.6. The maximum Gasteiger partial charge on any atom is 0.309 e. The molecule has 0 spiro atoms. The first-order chi connectivity index (χ1) is 8.69. The van der Waals surface area contributed by atoms with Gasteiger partial charge in [0.1, 0.15) is 0 Å². The van der Waals surface area contributed by atoms with Crippen LogP contribution in [0.3, 0.4) is 0 Å². The van der Waals surface area contributed by atoms with Crippen molar-refractivity contribution in [2.45, 2.75) is 19.9 Å². The summed E-state index contributed by atoms with van der Waals surface area (Å²) < 4.78 is 0. The summed E-state index contributed by atoms with van der Waals surface area (Å²) in [7, 11) is 0. The van der Waals surface area contributed by atoms with E-state index in [1.807, 2.05) is 11.4 Å². The molecule has 0 atom stereocenters. The number of thiazole rings is 1. The molecule has 0 aliphatic heterocycles. The van der Waals surface area contributed by atoms with Crippen LogP contribution in [0.15, 0.2) is 22.9 Å². The fourth-order valence-corrected chi connectivity index (χ4v) is 3.19. The highest BCUT2D eigenvalue weighted by molar-refractivity contribution is 7.13. The van der Waals surface area contributed by atoms with Crippen LogP contribution >= 0.6 is 22.7 Å². The summed E-state index contributed by atoms with van der Waals surface area (Å²) >= 11 is 3.22. The summed E-state index contributed by atoms with van der Waals surface area (Å²) in [6, 6.07) is 4.13. The molecule has 0 bridgehead atoms. The quantitative estimate of drug-likeness (QED) is 0.885. The van der Waals surface area contributed by atoms with Gasteiger partial charge in [0.15, 0.2) is 5.13 Å². The number of nitrogens with zero attached hydrogens (tertiary/aromatic N) is 2. The number of thiophene rings is 1. The zero-order chi connectivity index (χ0) is 13.0. The normalized spacial score (nSPS) is 10.5. The molecule has 0 aliphatic rings. The van der Waals surface area contributed by atoms with Gasteiger partial charge in [-0.1, -0.05) is 6.07 Å². The summed E-state index contributed by atoms with van der Waals surface area (Å²) in [6.07, 6.45) is -0.00689. The molecule has 4 nitrogen and oxygen atoms in total. The smallest absolute Gasteiger partial charge is 0.309 e. The summed E-state index contributed by atoms with van der Waals surface area (Å²) in [4.78, 5) is 18.4. The van der Waals surface area contributed by atoms with Crippen molar-refractivity contribution < 1.29 is 9.90 Å². The van der Waals surface area contributed by atoms with Crippen LogP contribution in [0.25, 0.3) is 0 Å². The fraction of sp³-hybridized carbons (Fsp3) is 0.333. The summed E-state index contributed by atoms with van der Waals surface area (Å²) in [5.74, 6) is -0.840.